The van der Waals surface area contributed by atoms with Gasteiger partial charge in [0.25, 0.3) is 5.91 Å². The lowest BCUT2D eigenvalue weighted by Crippen LogP contribution is -2.18. The molecule has 2 nitrogen and oxygen atoms in total. The van der Waals surface area contributed by atoms with Crippen LogP contribution in [0, 0.1) is 12.3 Å². The first-order valence-corrected chi connectivity index (χ1v) is 8.18. The Kier molecular flexibility index (Phi) is 4.73. The van der Waals surface area contributed by atoms with E-state index in [0.717, 1.165) is 9.79 Å². The fourth-order valence-electron chi connectivity index (χ4n) is 1.68. The minimum Gasteiger partial charge on any atom is -0.271 e. The molecule has 110 valence electrons. The van der Waals surface area contributed by atoms with Gasteiger partial charge in [0.2, 0.25) is 0 Å². The minimum absolute atomic E-state index is 0.0599. The molecule has 0 aliphatic rings. The van der Waals surface area contributed by atoms with Crippen LogP contribution < -0.4 is 0 Å². The van der Waals surface area contributed by atoms with Crippen LogP contribution >= 0.6 is 0 Å². The Morgan fingerprint density at radius 2 is 1.43 bits per heavy atom. The summed E-state index contributed by atoms with van der Waals surface area (Å²) in [5, 5.41) is 0. The molecule has 2 rings (SSSR count). The zero-order chi connectivity index (χ0) is 15.5. The quantitative estimate of drug-likeness (QED) is 0.784. The predicted molar refractivity (Wildman–Crippen MR) is 88.4 cm³/mol. The number of nitrogens with zero attached hydrogens (tertiary/aromatic N) is 1. The third kappa shape index (κ3) is 4.11. The van der Waals surface area contributed by atoms with Crippen LogP contribution in [0.3, 0.4) is 0 Å². The molecule has 0 aliphatic carbocycles. The minimum atomic E-state index is -0.561. The maximum absolute atomic E-state index is 12.3. The maximum atomic E-state index is 12.3. The second kappa shape index (κ2) is 6.35. The van der Waals surface area contributed by atoms with Crippen LogP contribution in [0.1, 0.15) is 26.3 Å². The second-order valence-electron chi connectivity index (χ2n) is 6.06. The number of carbonyl (C=O) groups is 1. The van der Waals surface area contributed by atoms with Crippen LogP contribution in [-0.4, -0.2) is 5.91 Å². The normalized spacial score (nSPS) is 13.1. The highest BCUT2D eigenvalue weighted by atomic mass is 32.2. The standard InChI is InChI=1S/C18H21NOS/c1-14-10-12-16(13-11-14)21(15-8-6-5-7-9-15)19-17(20)18(2,3)4/h5-13H,1-4H3/t21-/m1/s1. The highest BCUT2D eigenvalue weighted by Gasteiger charge is 2.22. The first-order valence-electron chi connectivity index (χ1n) is 7.00. The van der Waals surface area contributed by atoms with E-state index >= 15 is 0 Å². The molecular weight excluding hydrogens is 278 g/mol. The molecule has 0 heterocycles. The van der Waals surface area contributed by atoms with Gasteiger partial charge in [-0.25, -0.2) is 0 Å². The first-order chi connectivity index (χ1) is 9.88. The van der Waals surface area contributed by atoms with E-state index in [1.54, 1.807) is 0 Å². The molecule has 0 radical (unpaired) electrons. The van der Waals surface area contributed by atoms with Crippen molar-refractivity contribution in [2.24, 2.45) is 9.78 Å². The van der Waals surface area contributed by atoms with Crippen molar-refractivity contribution in [1.29, 1.82) is 0 Å². The van der Waals surface area contributed by atoms with E-state index in [9.17, 15) is 4.79 Å². The van der Waals surface area contributed by atoms with Gasteiger partial charge >= 0.3 is 0 Å². The fraction of sp³-hybridized carbons (Fsp3) is 0.278. The first kappa shape index (κ1) is 15.6. The van der Waals surface area contributed by atoms with Crippen molar-refractivity contribution >= 4 is 16.6 Å². The summed E-state index contributed by atoms with van der Waals surface area (Å²) in [6.07, 6.45) is 0. The van der Waals surface area contributed by atoms with Crippen molar-refractivity contribution in [2.45, 2.75) is 37.5 Å². The molecule has 0 saturated carbocycles. The highest BCUT2D eigenvalue weighted by molar-refractivity contribution is 7.87. The van der Waals surface area contributed by atoms with Gasteiger partial charge in [0.1, 0.15) is 0 Å². The summed E-state index contributed by atoms with van der Waals surface area (Å²) in [7, 11) is -0.561. The Morgan fingerprint density at radius 3 is 1.95 bits per heavy atom. The summed E-state index contributed by atoms with van der Waals surface area (Å²) in [5.41, 5.74) is 0.752. The van der Waals surface area contributed by atoms with Gasteiger partial charge in [-0.2, -0.15) is 4.36 Å². The summed E-state index contributed by atoms with van der Waals surface area (Å²) in [6.45, 7) is 7.77. The molecule has 21 heavy (non-hydrogen) atoms. The van der Waals surface area contributed by atoms with Crippen molar-refractivity contribution < 1.29 is 4.79 Å². The SMILES string of the molecule is Cc1ccc([S@](=NC(=O)C(C)(C)C)c2ccccc2)cc1. The molecule has 2 aromatic carbocycles. The largest absolute Gasteiger partial charge is 0.271 e. The molecule has 0 spiro atoms. The van der Waals surface area contributed by atoms with E-state index in [1.807, 2.05) is 51.1 Å². The van der Waals surface area contributed by atoms with Gasteiger partial charge in [-0.3, -0.25) is 4.79 Å². The second-order valence-corrected chi connectivity index (χ2v) is 7.75. The molecular formula is C18H21NOS. The number of benzene rings is 2. The molecule has 0 aromatic heterocycles. The summed E-state index contributed by atoms with van der Waals surface area (Å²) < 4.78 is 4.51. The summed E-state index contributed by atoms with van der Waals surface area (Å²) in [6, 6.07) is 18.3. The molecule has 1 amide bonds. The Labute approximate surface area is 129 Å². The molecule has 1 atom stereocenters. The van der Waals surface area contributed by atoms with Crippen molar-refractivity contribution in [3.8, 4) is 0 Å². The van der Waals surface area contributed by atoms with Crippen LogP contribution in [0.5, 0.6) is 0 Å². The fourth-order valence-corrected chi connectivity index (χ4v) is 3.41. The third-order valence-electron chi connectivity index (χ3n) is 3.03. The van der Waals surface area contributed by atoms with Gasteiger partial charge in [-0.1, -0.05) is 56.7 Å². The van der Waals surface area contributed by atoms with Gasteiger partial charge in [-0.05, 0) is 41.9 Å². The highest BCUT2D eigenvalue weighted by Crippen LogP contribution is 2.23. The third-order valence-corrected chi connectivity index (χ3v) is 4.81. The molecule has 0 fully saturated rings. The smallest absolute Gasteiger partial charge is 0.257 e. The van der Waals surface area contributed by atoms with Crippen LogP contribution in [0.25, 0.3) is 0 Å². The Hall–Kier alpha value is -1.74. The van der Waals surface area contributed by atoms with E-state index in [0.29, 0.717) is 0 Å². The lowest BCUT2D eigenvalue weighted by Gasteiger charge is -2.15. The van der Waals surface area contributed by atoms with Gasteiger partial charge in [0.05, 0.1) is 0 Å². The Balaban J connectivity index is 2.53. The monoisotopic (exact) mass is 299 g/mol. The average molecular weight is 299 g/mol. The van der Waals surface area contributed by atoms with Crippen molar-refractivity contribution in [3.05, 3.63) is 60.2 Å². The molecule has 0 unspecified atom stereocenters. The van der Waals surface area contributed by atoms with Gasteiger partial charge in [0, 0.05) is 15.2 Å². The van der Waals surface area contributed by atoms with Gasteiger partial charge < -0.3 is 0 Å². The van der Waals surface area contributed by atoms with E-state index in [2.05, 4.69) is 35.6 Å². The van der Waals surface area contributed by atoms with Crippen LogP contribution in [0.15, 0.2) is 68.8 Å². The van der Waals surface area contributed by atoms with E-state index in [1.165, 1.54) is 5.56 Å². The number of hydrogen-bond donors (Lipinski definition) is 0. The lowest BCUT2D eigenvalue weighted by atomic mass is 9.96. The Morgan fingerprint density at radius 1 is 0.905 bits per heavy atom. The molecule has 2 aromatic rings. The summed E-state index contributed by atoms with van der Waals surface area (Å²) in [5.74, 6) is -0.0599. The average Bonchev–Trinajstić information content (AvgIpc) is 2.45. The number of aryl methyl sites for hydroxylation is 1. The zero-order valence-corrected chi connectivity index (χ0v) is 13.8. The van der Waals surface area contributed by atoms with Gasteiger partial charge in [-0.15, -0.1) is 0 Å². The number of hydrogen-bond acceptors (Lipinski definition) is 1. The maximum Gasteiger partial charge on any atom is 0.257 e. The molecule has 3 heteroatoms. The van der Waals surface area contributed by atoms with Crippen LogP contribution in [-0.2, 0) is 15.5 Å². The molecule has 0 saturated heterocycles. The number of amides is 1. The van der Waals surface area contributed by atoms with E-state index < -0.39 is 16.1 Å². The van der Waals surface area contributed by atoms with E-state index in [-0.39, 0.29) is 5.91 Å². The van der Waals surface area contributed by atoms with E-state index in [4.69, 9.17) is 0 Å². The lowest BCUT2D eigenvalue weighted by molar-refractivity contribution is -0.124. The predicted octanol–water partition coefficient (Wildman–Crippen LogP) is 4.79. The van der Waals surface area contributed by atoms with Crippen molar-refractivity contribution in [3.63, 3.8) is 0 Å². The van der Waals surface area contributed by atoms with Crippen LogP contribution in [0.2, 0.25) is 0 Å². The molecule has 0 N–H and O–H groups in total. The zero-order valence-electron chi connectivity index (χ0n) is 13.0. The van der Waals surface area contributed by atoms with Crippen molar-refractivity contribution in [2.75, 3.05) is 0 Å². The summed E-state index contributed by atoms with van der Waals surface area (Å²) in [4.78, 5) is 14.5. The van der Waals surface area contributed by atoms with Crippen molar-refractivity contribution in [1.82, 2.24) is 0 Å². The topological polar surface area (TPSA) is 29.4 Å². The number of rotatable bonds is 2. The molecule has 0 aliphatic heterocycles. The number of carbonyl (C=O) groups excluding carboxylic acids is 1. The molecule has 0 bridgehead atoms. The summed E-state index contributed by atoms with van der Waals surface area (Å²) >= 11 is 0. The Bertz CT molecular complexity index is 652. The van der Waals surface area contributed by atoms with Gasteiger partial charge in [0.15, 0.2) is 0 Å². The van der Waals surface area contributed by atoms with Crippen LogP contribution in [0.4, 0.5) is 0 Å².